The Labute approximate surface area is 178 Å². The highest BCUT2D eigenvalue weighted by atomic mass is 35.5. The Morgan fingerprint density at radius 3 is 1.67 bits per heavy atom. The van der Waals surface area contributed by atoms with Crippen molar-refractivity contribution in [1.82, 2.24) is 4.90 Å². The third-order valence-electron chi connectivity index (χ3n) is 6.42. The van der Waals surface area contributed by atoms with Gasteiger partial charge in [0.15, 0.2) is 0 Å². The summed E-state index contributed by atoms with van der Waals surface area (Å²) in [6, 6.07) is 0. The molecule has 0 saturated heterocycles. The van der Waals surface area contributed by atoms with E-state index in [1.54, 1.807) is 0 Å². The molecule has 0 heterocycles. The number of quaternary nitrogens is 1. The van der Waals surface area contributed by atoms with Crippen molar-refractivity contribution in [2.75, 3.05) is 32.7 Å². The van der Waals surface area contributed by atoms with Crippen molar-refractivity contribution < 1.29 is 16.9 Å². The van der Waals surface area contributed by atoms with E-state index in [0.29, 0.717) is 6.17 Å². The second-order valence-electron chi connectivity index (χ2n) is 8.05. The van der Waals surface area contributed by atoms with Crippen LogP contribution in [0.3, 0.4) is 0 Å². The number of nitrogens with zero attached hydrogens (tertiary/aromatic N) is 2. The highest BCUT2D eigenvalue weighted by Crippen LogP contribution is 2.20. The van der Waals surface area contributed by atoms with Gasteiger partial charge in [0.05, 0.1) is 19.6 Å². The maximum absolute atomic E-state index is 2.64. The first-order valence-electron chi connectivity index (χ1n) is 11.8. The van der Waals surface area contributed by atoms with Crippen LogP contribution in [0.4, 0.5) is 0 Å². The van der Waals surface area contributed by atoms with E-state index in [0.717, 1.165) is 13.1 Å². The summed E-state index contributed by atoms with van der Waals surface area (Å²) >= 11 is 0. The van der Waals surface area contributed by atoms with Crippen molar-refractivity contribution in [1.29, 1.82) is 0 Å². The lowest BCUT2D eigenvalue weighted by Crippen LogP contribution is -3.00. The van der Waals surface area contributed by atoms with Crippen LogP contribution in [0.5, 0.6) is 0 Å². The number of likely N-dealkylation sites (N-methyl/N-ethyl adjacent to an activating group) is 1. The summed E-state index contributed by atoms with van der Waals surface area (Å²) in [7, 11) is 0. The summed E-state index contributed by atoms with van der Waals surface area (Å²) < 4.78 is 1.23. The second-order valence-corrected chi connectivity index (χ2v) is 8.05. The molecule has 164 valence electrons. The number of rotatable bonds is 18. The Balaban J connectivity index is 0. The molecule has 0 amide bonds. The van der Waals surface area contributed by atoms with Gasteiger partial charge in [-0.15, -0.1) is 0 Å². The molecule has 0 aliphatic rings. The number of hydrogen-bond acceptors (Lipinski definition) is 1. The molecule has 2 atom stereocenters. The second kappa shape index (κ2) is 19.3. The predicted octanol–water partition coefficient (Wildman–Crippen LogP) is 4.01. The molecular formula is C24H51ClN2. The maximum Gasteiger partial charge on any atom is 0.142 e. The lowest BCUT2D eigenvalue weighted by Gasteiger charge is -2.46. The van der Waals surface area contributed by atoms with Gasteiger partial charge in [0.1, 0.15) is 6.17 Å². The van der Waals surface area contributed by atoms with E-state index in [2.05, 4.69) is 58.6 Å². The first-order valence-corrected chi connectivity index (χ1v) is 11.8. The Bertz CT molecular complexity index is 328. The molecule has 0 aromatic heterocycles. The molecule has 0 N–H and O–H groups in total. The molecule has 3 heteroatoms. The van der Waals surface area contributed by atoms with Gasteiger partial charge in [-0.25, -0.2) is 0 Å². The lowest BCUT2D eigenvalue weighted by molar-refractivity contribution is -0.954. The van der Waals surface area contributed by atoms with Crippen molar-refractivity contribution in [3.05, 3.63) is 12.2 Å². The molecule has 0 bridgehead atoms. The summed E-state index contributed by atoms with van der Waals surface area (Å²) in [5.74, 6) is 0. The van der Waals surface area contributed by atoms with Gasteiger partial charge in [0, 0.05) is 20.0 Å². The fourth-order valence-electron chi connectivity index (χ4n) is 4.31. The predicted molar refractivity (Wildman–Crippen MR) is 120 cm³/mol. The Kier molecular flexibility index (Phi) is 20.8. The molecule has 0 rings (SSSR count). The van der Waals surface area contributed by atoms with Crippen molar-refractivity contribution in [2.45, 2.75) is 112 Å². The third kappa shape index (κ3) is 12.2. The lowest BCUT2D eigenvalue weighted by atomic mass is 10.1. The fourth-order valence-corrected chi connectivity index (χ4v) is 4.31. The summed E-state index contributed by atoms with van der Waals surface area (Å²) in [5.41, 5.74) is 0. The van der Waals surface area contributed by atoms with Crippen molar-refractivity contribution in [3.8, 4) is 0 Å². The molecule has 0 spiro atoms. The van der Waals surface area contributed by atoms with Crippen LogP contribution in [0.1, 0.15) is 106 Å². The van der Waals surface area contributed by atoms with E-state index in [4.69, 9.17) is 0 Å². The van der Waals surface area contributed by atoms with E-state index < -0.39 is 0 Å². The fraction of sp³-hybridized carbons (Fsp3) is 0.917. The standard InChI is InChI=1S/C24H51N2.ClH/c1-7-12-14-15-16-17-18-19-20-21-23-26(11-5,22-13-8-2)24(6)25(9-3)10-4;/h8,13,24H,7,9-12,14-23H2,1-6H3;1H/q+1;/p-1. The van der Waals surface area contributed by atoms with Gasteiger partial charge in [-0.2, -0.15) is 0 Å². The molecule has 0 aromatic rings. The molecule has 27 heavy (non-hydrogen) atoms. The highest BCUT2D eigenvalue weighted by Gasteiger charge is 2.33. The van der Waals surface area contributed by atoms with Gasteiger partial charge < -0.3 is 16.9 Å². The van der Waals surface area contributed by atoms with E-state index in [1.165, 1.54) is 88.3 Å². The quantitative estimate of drug-likeness (QED) is 0.145. The summed E-state index contributed by atoms with van der Waals surface area (Å²) in [4.78, 5) is 2.64. The van der Waals surface area contributed by atoms with Gasteiger partial charge in [-0.1, -0.05) is 78.2 Å². The molecule has 2 unspecified atom stereocenters. The Hall–Kier alpha value is -0.0500. The summed E-state index contributed by atoms with van der Waals surface area (Å²) in [6.07, 6.45) is 19.5. The first kappa shape index (κ1) is 29.2. The zero-order chi connectivity index (χ0) is 19.7. The van der Waals surface area contributed by atoms with Gasteiger partial charge in [0.25, 0.3) is 0 Å². The average molecular weight is 403 g/mol. The van der Waals surface area contributed by atoms with Crippen LogP contribution in [-0.4, -0.2) is 48.3 Å². The summed E-state index contributed by atoms with van der Waals surface area (Å²) in [6.45, 7) is 20.0. The minimum absolute atomic E-state index is 0. The minimum Gasteiger partial charge on any atom is -1.00 e. The van der Waals surface area contributed by atoms with Crippen LogP contribution >= 0.6 is 0 Å². The Morgan fingerprint density at radius 2 is 1.26 bits per heavy atom. The average Bonchev–Trinajstić information content (AvgIpc) is 2.66. The topological polar surface area (TPSA) is 3.24 Å². The van der Waals surface area contributed by atoms with E-state index >= 15 is 0 Å². The molecule has 0 aromatic carbocycles. The van der Waals surface area contributed by atoms with E-state index in [1.807, 2.05) is 0 Å². The monoisotopic (exact) mass is 402 g/mol. The largest absolute Gasteiger partial charge is 1.00 e. The van der Waals surface area contributed by atoms with E-state index in [9.17, 15) is 0 Å². The molecule has 2 nitrogen and oxygen atoms in total. The molecular weight excluding hydrogens is 352 g/mol. The molecule has 0 aliphatic heterocycles. The molecule has 0 radical (unpaired) electrons. The van der Waals surface area contributed by atoms with Crippen LogP contribution in [0.15, 0.2) is 12.2 Å². The normalized spacial score (nSPS) is 15.1. The zero-order valence-corrected chi connectivity index (χ0v) is 20.4. The highest BCUT2D eigenvalue weighted by molar-refractivity contribution is 4.78. The third-order valence-corrected chi connectivity index (χ3v) is 6.42. The maximum atomic E-state index is 2.64. The molecule has 0 fully saturated rings. The smallest absolute Gasteiger partial charge is 0.142 e. The van der Waals surface area contributed by atoms with Crippen molar-refractivity contribution in [3.63, 3.8) is 0 Å². The van der Waals surface area contributed by atoms with Gasteiger partial charge >= 0.3 is 0 Å². The van der Waals surface area contributed by atoms with Crippen LogP contribution in [-0.2, 0) is 0 Å². The van der Waals surface area contributed by atoms with Crippen LogP contribution < -0.4 is 12.4 Å². The number of unbranched alkanes of at least 4 members (excludes halogenated alkanes) is 9. The number of allylic oxidation sites excluding steroid dienone is 1. The molecule has 0 saturated carbocycles. The van der Waals surface area contributed by atoms with E-state index in [-0.39, 0.29) is 12.4 Å². The Morgan fingerprint density at radius 1 is 0.778 bits per heavy atom. The first-order chi connectivity index (χ1) is 12.6. The van der Waals surface area contributed by atoms with Gasteiger partial charge in [0.2, 0.25) is 0 Å². The summed E-state index contributed by atoms with van der Waals surface area (Å²) in [5, 5.41) is 0. The van der Waals surface area contributed by atoms with Gasteiger partial charge in [-0.3, -0.25) is 4.90 Å². The number of halogens is 1. The van der Waals surface area contributed by atoms with Crippen LogP contribution in [0, 0.1) is 0 Å². The zero-order valence-electron chi connectivity index (χ0n) is 19.6. The molecule has 0 aliphatic carbocycles. The minimum atomic E-state index is 0. The van der Waals surface area contributed by atoms with Crippen LogP contribution in [0.25, 0.3) is 0 Å². The van der Waals surface area contributed by atoms with Crippen molar-refractivity contribution >= 4 is 0 Å². The van der Waals surface area contributed by atoms with Crippen molar-refractivity contribution in [2.24, 2.45) is 0 Å². The number of hydrogen-bond donors (Lipinski definition) is 0. The van der Waals surface area contributed by atoms with Crippen LogP contribution in [0.2, 0.25) is 0 Å². The van der Waals surface area contributed by atoms with Gasteiger partial charge in [-0.05, 0) is 32.8 Å². The SMILES string of the molecule is CC=CC[N+](CC)(CCCCCCCCCCCC)C(C)N(CC)CC.[Cl-].